The lowest BCUT2D eigenvalue weighted by atomic mass is 9.63. The molecular weight excluding hydrogens is 286 g/mol. The molecule has 124 valence electrons. The van der Waals surface area contributed by atoms with Crippen molar-refractivity contribution in [3.05, 3.63) is 24.3 Å². The summed E-state index contributed by atoms with van der Waals surface area (Å²) in [6, 6.07) is 1.85. The second-order valence-corrected chi connectivity index (χ2v) is 7.68. The van der Waals surface area contributed by atoms with Crippen molar-refractivity contribution in [1.82, 2.24) is 14.9 Å². The average Bonchev–Trinajstić information content (AvgIpc) is 2.94. The number of carbonyl (C=O) groups excluding carboxylic acids is 1. The Bertz CT molecular complexity index is 525. The van der Waals surface area contributed by atoms with Gasteiger partial charge in [0.25, 0.3) is 0 Å². The monoisotopic (exact) mass is 313 g/mol. The van der Waals surface area contributed by atoms with Gasteiger partial charge in [-0.2, -0.15) is 0 Å². The van der Waals surface area contributed by atoms with E-state index in [1.54, 1.807) is 12.4 Å². The third kappa shape index (κ3) is 3.13. The molecule has 1 amide bonds. The minimum Gasteiger partial charge on any atom is -0.342 e. The van der Waals surface area contributed by atoms with Crippen LogP contribution in [0.15, 0.2) is 18.5 Å². The van der Waals surface area contributed by atoms with E-state index in [1.165, 1.54) is 38.5 Å². The summed E-state index contributed by atoms with van der Waals surface area (Å²) in [6.45, 7) is 1.69. The van der Waals surface area contributed by atoms with E-state index in [4.69, 9.17) is 0 Å². The molecule has 3 fully saturated rings. The first-order valence-electron chi connectivity index (χ1n) is 9.36. The fraction of sp³-hybridized carbons (Fsp3) is 0.737. The molecule has 0 aromatic carbocycles. The second kappa shape index (κ2) is 6.58. The molecule has 4 heteroatoms. The molecule has 2 heterocycles. The van der Waals surface area contributed by atoms with Gasteiger partial charge < -0.3 is 4.90 Å². The number of likely N-dealkylation sites (tertiary alicyclic amines) is 1. The van der Waals surface area contributed by atoms with Crippen LogP contribution in [0.1, 0.15) is 63.1 Å². The maximum Gasteiger partial charge on any atom is 0.222 e. The highest BCUT2D eigenvalue weighted by Crippen LogP contribution is 2.46. The summed E-state index contributed by atoms with van der Waals surface area (Å²) in [5, 5.41) is 0. The summed E-state index contributed by atoms with van der Waals surface area (Å²) >= 11 is 0. The van der Waals surface area contributed by atoms with Gasteiger partial charge in [-0.25, -0.2) is 9.97 Å². The molecule has 1 aromatic heterocycles. The van der Waals surface area contributed by atoms with Crippen LogP contribution in [0.2, 0.25) is 0 Å². The van der Waals surface area contributed by atoms with E-state index in [1.807, 2.05) is 6.07 Å². The number of amides is 1. The Hall–Kier alpha value is -1.45. The topological polar surface area (TPSA) is 46.1 Å². The van der Waals surface area contributed by atoms with Gasteiger partial charge in [-0.05, 0) is 30.2 Å². The average molecular weight is 313 g/mol. The van der Waals surface area contributed by atoms with E-state index in [9.17, 15) is 4.79 Å². The summed E-state index contributed by atoms with van der Waals surface area (Å²) < 4.78 is 0. The highest BCUT2D eigenvalue weighted by molar-refractivity contribution is 5.77. The van der Waals surface area contributed by atoms with Gasteiger partial charge in [-0.3, -0.25) is 4.79 Å². The molecule has 1 aliphatic heterocycles. The Kier molecular flexibility index (Phi) is 4.32. The highest BCUT2D eigenvalue weighted by Gasteiger charge is 2.39. The lowest BCUT2D eigenvalue weighted by Crippen LogP contribution is -2.38. The molecule has 1 aromatic rings. The van der Waals surface area contributed by atoms with E-state index in [0.717, 1.165) is 43.6 Å². The molecule has 2 saturated carbocycles. The van der Waals surface area contributed by atoms with Gasteiger partial charge in [0.15, 0.2) is 0 Å². The normalized spacial score (nSPS) is 25.4. The molecule has 1 unspecified atom stereocenters. The molecule has 0 bridgehead atoms. The molecule has 2 aliphatic carbocycles. The predicted octanol–water partition coefficient (Wildman–Crippen LogP) is 3.40. The van der Waals surface area contributed by atoms with Crippen molar-refractivity contribution in [2.45, 2.75) is 57.3 Å². The van der Waals surface area contributed by atoms with Gasteiger partial charge in [0.2, 0.25) is 5.91 Å². The maximum absolute atomic E-state index is 12.8. The third-order valence-electron chi connectivity index (χ3n) is 6.41. The zero-order valence-electron chi connectivity index (χ0n) is 13.9. The first-order valence-corrected chi connectivity index (χ1v) is 9.36. The van der Waals surface area contributed by atoms with Crippen LogP contribution in [0.5, 0.6) is 0 Å². The number of hydrogen-bond donors (Lipinski definition) is 0. The zero-order chi connectivity index (χ0) is 15.6. The van der Waals surface area contributed by atoms with Crippen LogP contribution < -0.4 is 0 Å². The Labute approximate surface area is 138 Å². The van der Waals surface area contributed by atoms with E-state index in [0.29, 0.717) is 17.7 Å². The Morgan fingerprint density at radius 2 is 1.74 bits per heavy atom. The lowest BCUT2D eigenvalue weighted by molar-refractivity contribution is -0.133. The van der Waals surface area contributed by atoms with Gasteiger partial charge in [-0.15, -0.1) is 0 Å². The largest absolute Gasteiger partial charge is 0.342 e. The number of carbonyl (C=O) groups is 1. The molecule has 23 heavy (non-hydrogen) atoms. The van der Waals surface area contributed by atoms with Gasteiger partial charge in [0, 0.05) is 37.8 Å². The minimum absolute atomic E-state index is 0.325. The van der Waals surface area contributed by atoms with Crippen LogP contribution >= 0.6 is 0 Å². The molecular formula is C19H27N3O. The van der Waals surface area contributed by atoms with E-state index < -0.39 is 0 Å². The summed E-state index contributed by atoms with van der Waals surface area (Å²) in [6.07, 6.45) is 13.6. The van der Waals surface area contributed by atoms with Crippen LogP contribution in [-0.4, -0.2) is 33.9 Å². The second-order valence-electron chi connectivity index (χ2n) is 7.68. The van der Waals surface area contributed by atoms with Crippen LogP contribution in [-0.2, 0) is 4.79 Å². The van der Waals surface area contributed by atoms with Crippen molar-refractivity contribution in [2.75, 3.05) is 13.1 Å². The molecule has 1 saturated heterocycles. The van der Waals surface area contributed by atoms with Crippen molar-refractivity contribution < 1.29 is 4.79 Å². The first-order chi connectivity index (χ1) is 11.3. The molecule has 3 aliphatic rings. The first kappa shape index (κ1) is 15.1. The Balaban J connectivity index is 1.35. The van der Waals surface area contributed by atoms with Gasteiger partial charge >= 0.3 is 0 Å². The quantitative estimate of drug-likeness (QED) is 0.837. The van der Waals surface area contributed by atoms with Crippen LogP contribution in [0.4, 0.5) is 0 Å². The van der Waals surface area contributed by atoms with Gasteiger partial charge in [0.1, 0.15) is 5.82 Å². The van der Waals surface area contributed by atoms with Crippen molar-refractivity contribution >= 4 is 5.91 Å². The SMILES string of the molecule is O=C(CC(C1CCC1)C1CCC1)N1CCC(c2ncccn2)C1. The smallest absolute Gasteiger partial charge is 0.222 e. The number of hydrogen-bond acceptors (Lipinski definition) is 3. The van der Waals surface area contributed by atoms with Crippen molar-refractivity contribution in [2.24, 2.45) is 17.8 Å². The molecule has 0 N–H and O–H groups in total. The maximum atomic E-state index is 12.8. The predicted molar refractivity (Wildman–Crippen MR) is 88.8 cm³/mol. The van der Waals surface area contributed by atoms with Crippen molar-refractivity contribution in [3.8, 4) is 0 Å². The van der Waals surface area contributed by atoms with Crippen molar-refractivity contribution in [1.29, 1.82) is 0 Å². The van der Waals surface area contributed by atoms with Gasteiger partial charge in [0.05, 0.1) is 0 Å². The highest BCUT2D eigenvalue weighted by atomic mass is 16.2. The molecule has 0 spiro atoms. The number of rotatable bonds is 5. The summed E-state index contributed by atoms with van der Waals surface area (Å²) in [5.41, 5.74) is 0. The third-order valence-corrected chi connectivity index (χ3v) is 6.41. The fourth-order valence-electron chi connectivity index (χ4n) is 4.50. The lowest BCUT2D eigenvalue weighted by Gasteiger charge is -2.42. The van der Waals surface area contributed by atoms with E-state index in [2.05, 4.69) is 14.9 Å². The van der Waals surface area contributed by atoms with E-state index in [-0.39, 0.29) is 0 Å². The zero-order valence-corrected chi connectivity index (χ0v) is 13.9. The fourth-order valence-corrected chi connectivity index (χ4v) is 4.50. The molecule has 1 atom stereocenters. The molecule has 0 radical (unpaired) electrons. The molecule has 4 rings (SSSR count). The summed E-state index contributed by atoms with van der Waals surface area (Å²) in [4.78, 5) is 23.6. The van der Waals surface area contributed by atoms with Crippen LogP contribution in [0.3, 0.4) is 0 Å². The number of aromatic nitrogens is 2. The van der Waals surface area contributed by atoms with Crippen LogP contribution in [0, 0.1) is 17.8 Å². The van der Waals surface area contributed by atoms with Crippen LogP contribution in [0.25, 0.3) is 0 Å². The van der Waals surface area contributed by atoms with Gasteiger partial charge in [-0.1, -0.05) is 38.5 Å². The Morgan fingerprint density at radius 3 is 2.30 bits per heavy atom. The standard InChI is InChI=1S/C19H27N3O/c23-18(12-17(14-4-1-5-14)15-6-2-7-15)22-11-8-16(13-22)19-20-9-3-10-21-19/h3,9-10,14-17H,1-2,4-8,11-13H2. The molecule has 4 nitrogen and oxygen atoms in total. The summed E-state index contributed by atoms with van der Waals surface area (Å²) in [7, 11) is 0. The number of nitrogens with zero attached hydrogens (tertiary/aromatic N) is 3. The van der Waals surface area contributed by atoms with Crippen molar-refractivity contribution in [3.63, 3.8) is 0 Å². The van der Waals surface area contributed by atoms with E-state index >= 15 is 0 Å². The Morgan fingerprint density at radius 1 is 1.09 bits per heavy atom. The minimum atomic E-state index is 0.325. The summed E-state index contributed by atoms with van der Waals surface area (Å²) in [5.74, 6) is 3.94.